The lowest BCUT2D eigenvalue weighted by atomic mass is 10.0. The number of fused-ring (bicyclic) bond motifs is 6. The zero-order chi connectivity index (χ0) is 35.0. The summed E-state index contributed by atoms with van der Waals surface area (Å²) in [7, 11) is 0. The van der Waals surface area contributed by atoms with Crippen LogP contribution in [0.2, 0.25) is 0 Å². The Bertz CT molecular complexity index is 2830. The molecule has 0 spiro atoms. The van der Waals surface area contributed by atoms with Crippen LogP contribution in [0.3, 0.4) is 0 Å². The van der Waals surface area contributed by atoms with Gasteiger partial charge in [0.2, 0.25) is 0 Å². The first-order valence-electron chi connectivity index (χ1n) is 17.3. The molecule has 0 bridgehead atoms. The van der Waals surface area contributed by atoms with Crippen molar-refractivity contribution in [3.05, 3.63) is 175 Å². The fraction of sp³-hybridized carbons (Fsp3) is 0.0435. The average Bonchev–Trinajstić information content (AvgIpc) is 3.78. The molecule has 0 N–H and O–H groups in total. The quantitative estimate of drug-likeness (QED) is 0.124. The molecule has 0 amide bonds. The number of benzene rings is 6. The molecule has 0 saturated heterocycles. The highest BCUT2D eigenvalue weighted by atomic mass is 32.1. The first-order valence-corrected chi connectivity index (χ1v) is 18.1. The zero-order valence-electron chi connectivity index (χ0n) is 28.5. The minimum Gasteiger partial charge on any atom is -0.455 e. The van der Waals surface area contributed by atoms with Gasteiger partial charge in [0.25, 0.3) is 0 Å². The van der Waals surface area contributed by atoms with Gasteiger partial charge in [0.1, 0.15) is 11.2 Å². The number of para-hydroxylation sites is 1. The molecule has 0 aliphatic heterocycles. The van der Waals surface area contributed by atoms with Crippen LogP contribution >= 0.6 is 11.3 Å². The smallest absolute Gasteiger partial charge is 0.164 e. The van der Waals surface area contributed by atoms with E-state index in [4.69, 9.17) is 24.4 Å². The van der Waals surface area contributed by atoms with Crippen LogP contribution in [0, 0.1) is 0 Å². The number of aromatic nitrogens is 2. The largest absolute Gasteiger partial charge is 0.455 e. The van der Waals surface area contributed by atoms with Gasteiger partial charge in [-0.15, -0.1) is 11.3 Å². The number of thiophene rings is 1. The molecule has 6 aromatic carbocycles. The maximum atomic E-state index is 6.60. The normalized spacial score (nSPS) is 12.3. The van der Waals surface area contributed by atoms with E-state index in [2.05, 4.69) is 74.2 Å². The fourth-order valence-corrected chi connectivity index (χ4v) is 7.85. The van der Waals surface area contributed by atoms with Crippen LogP contribution in [0.25, 0.3) is 70.6 Å². The summed E-state index contributed by atoms with van der Waals surface area (Å²) in [5.74, 6) is 1.25. The molecule has 0 atom stereocenters. The third kappa shape index (κ3) is 5.69. The van der Waals surface area contributed by atoms with Gasteiger partial charge in [0, 0.05) is 43.3 Å². The van der Waals surface area contributed by atoms with Crippen molar-refractivity contribution in [3.8, 4) is 22.6 Å². The molecule has 0 fully saturated rings. The SMILES string of the molecule is C=C(N=C(N=C(CC)c1ccccc1)c1ccccc1)c1ccc2oc3c(-c4nc(-c5ccccc5)c5sc6ccccc6c5n4)cccc3c2c1. The summed E-state index contributed by atoms with van der Waals surface area (Å²) in [4.78, 5) is 20.5. The summed E-state index contributed by atoms with van der Waals surface area (Å²) >= 11 is 1.73. The van der Waals surface area contributed by atoms with Crippen molar-refractivity contribution in [1.29, 1.82) is 0 Å². The maximum absolute atomic E-state index is 6.60. The van der Waals surface area contributed by atoms with Crippen LogP contribution in [0.15, 0.2) is 173 Å². The van der Waals surface area contributed by atoms with E-state index in [9.17, 15) is 0 Å². The highest BCUT2D eigenvalue weighted by molar-refractivity contribution is 7.26. The molecule has 0 radical (unpaired) electrons. The van der Waals surface area contributed by atoms with Crippen molar-refractivity contribution in [2.24, 2.45) is 9.98 Å². The summed E-state index contributed by atoms with van der Waals surface area (Å²) in [5.41, 5.74) is 9.74. The molecule has 0 aliphatic carbocycles. The van der Waals surface area contributed by atoms with E-state index in [0.717, 1.165) is 83.2 Å². The van der Waals surface area contributed by atoms with Gasteiger partial charge in [0.05, 0.1) is 27.2 Å². The van der Waals surface area contributed by atoms with Gasteiger partial charge in [0.15, 0.2) is 11.7 Å². The number of nitrogens with zero attached hydrogens (tertiary/aromatic N) is 4. The minimum absolute atomic E-state index is 0.615. The monoisotopic (exact) mass is 688 g/mol. The van der Waals surface area contributed by atoms with E-state index in [0.29, 0.717) is 17.4 Å². The van der Waals surface area contributed by atoms with Crippen molar-refractivity contribution in [3.63, 3.8) is 0 Å². The van der Waals surface area contributed by atoms with Crippen molar-refractivity contribution in [2.75, 3.05) is 0 Å². The highest BCUT2D eigenvalue weighted by Crippen LogP contribution is 2.41. The van der Waals surface area contributed by atoms with E-state index in [1.807, 2.05) is 91.0 Å². The Morgan fingerprint density at radius 1 is 0.654 bits per heavy atom. The van der Waals surface area contributed by atoms with E-state index in [1.54, 1.807) is 11.3 Å². The van der Waals surface area contributed by atoms with Gasteiger partial charge in [-0.3, -0.25) is 0 Å². The minimum atomic E-state index is 0.615. The molecule has 248 valence electrons. The van der Waals surface area contributed by atoms with Gasteiger partial charge in [-0.25, -0.2) is 20.0 Å². The Labute approximate surface area is 305 Å². The molecular formula is C46H32N4OS. The number of amidine groups is 1. The van der Waals surface area contributed by atoms with Gasteiger partial charge >= 0.3 is 0 Å². The lowest BCUT2D eigenvalue weighted by Crippen LogP contribution is -2.06. The Morgan fingerprint density at radius 3 is 2.12 bits per heavy atom. The van der Waals surface area contributed by atoms with E-state index < -0.39 is 0 Å². The zero-order valence-corrected chi connectivity index (χ0v) is 29.3. The Hall–Kier alpha value is -6.50. The second-order valence-electron chi connectivity index (χ2n) is 12.6. The van der Waals surface area contributed by atoms with Gasteiger partial charge in [-0.05, 0) is 42.3 Å². The fourth-order valence-electron chi connectivity index (χ4n) is 6.70. The third-order valence-electron chi connectivity index (χ3n) is 9.29. The highest BCUT2D eigenvalue weighted by Gasteiger charge is 2.20. The molecule has 5 nitrogen and oxygen atoms in total. The number of rotatable bonds is 7. The van der Waals surface area contributed by atoms with E-state index in [-0.39, 0.29) is 0 Å². The Balaban J connectivity index is 1.17. The van der Waals surface area contributed by atoms with Crippen molar-refractivity contribution in [2.45, 2.75) is 13.3 Å². The van der Waals surface area contributed by atoms with E-state index in [1.165, 1.54) is 4.70 Å². The maximum Gasteiger partial charge on any atom is 0.164 e. The van der Waals surface area contributed by atoms with Crippen molar-refractivity contribution >= 4 is 70.8 Å². The van der Waals surface area contributed by atoms with Gasteiger partial charge < -0.3 is 4.42 Å². The number of furan rings is 1. The molecule has 6 heteroatoms. The molecule has 0 unspecified atom stereocenters. The summed E-state index contributed by atoms with van der Waals surface area (Å²) in [6.07, 6.45) is 0.768. The summed E-state index contributed by atoms with van der Waals surface area (Å²) in [6.45, 7) is 6.53. The lowest BCUT2D eigenvalue weighted by Gasteiger charge is -2.09. The average molecular weight is 689 g/mol. The van der Waals surface area contributed by atoms with Crippen LogP contribution in [0.5, 0.6) is 0 Å². The predicted octanol–water partition coefficient (Wildman–Crippen LogP) is 12.4. The Morgan fingerprint density at radius 2 is 1.35 bits per heavy atom. The van der Waals surface area contributed by atoms with Crippen LogP contribution in [-0.4, -0.2) is 21.5 Å². The number of aliphatic imine (C=N–C) groups is 2. The van der Waals surface area contributed by atoms with Gasteiger partial charge in [-0.2, -0.15) is 0 Å². The molecule has 9 aromatic rings. The van der Waals surface area contributed by atoms with Crippen LogP contribution in [0.1, 0.15) is 30.0 Å². The molecule has 0 saturated carbocycles. The molecule has 0 aliphatic rings. The first-order chi connectivity index (χ1) is 25.6. The summed E-state index contributed by atoms with van der Waals surface area (Å²) in [5, 5.41) is 3.07. The number of hydrogen-bond acceptors (Lipinski definition) is 5. The first kappa shape index (κ1) is 31.5. The summed E-state index contributed by atoms with van der Waals surface area (Å²) < 4.78 is 8.86. The van der Waals surface area contributed by atoms with Crippen LogP contribution in [0.4, 0.5) is 0 Å². The standard InChI is InChI=1S/C46H32N4OS/c1-3-38(30-16-7-4-8-17-30)48-45(32-20-11-6-12-21-32)47-29(2)33-26-27-39-37(28-33)34-23-15-24-36(43(34)51-39)46-49-41(31-18-9-5-10-19-31)44-42(50-46)35-22-13-14-25-40(35)52-44/h4-28H,2-3H2,1H3. The number of hydrogen-bond donors (Lipinski definition) is 0. The van der Waals surface area contributed by atoms with Crippen molar-refractivity contribution < 1.29 is 4.42 Å². The van der Waals surface area contributed by atoms with Crippen LogP contribution in [-0.2, 0) is 0 Å². The molecular weight excluding hydrogens is 657 g/mol. The second kappa shape index (κ2) is 13.3. The molecule has 52 heavy (non-hydrogen) atoms. The predicted molar refractivity (Wildman–Crippen MR) is 218 cm³/mol. The Kier molecular flexibility index (Phi) is 8.07. The lowest BCUT2D eigenvalue weighted by molar-refractivity contribution is 0.669. The molecule has 3 heterocycles. The molecule has 9 rings (SSSR count). The van der Waals surface area contributed by atoms with Crippen LogP contribution < -0.4 is 0 Å². The van der Waals surface area contributed by atoms with Crippen molar-refractivity contribution in [1.82, 2.24) is 9.97 Å². The second-order valence-corrected chi connectivity index (χ2v) is 13.6. The molecule has 3 aromatic heterocycles. The third-order valence-corrected chi connectivity index (χ3v) is 10.5. The van der Waals surface area contributed by atoms with Gasteiger partial charge in [-0.1, -0.05) is 135 Å². The summed E-state index contributed by atoms with van der Waals surface area (Å²) in [6, 6.07) is 51.4. The van der Waals surface area contributed by atoms with E-state index >= 15 is 0 Å². The topological polar surface area (TPSA) is 63.6 Å².